The van der Waals surface area contributed by atoms with E-state index in [1.165, 1.54) is 15.0 Å². The van der Waals surface area contributed by atoms with Crippen LogP contribution in [0.3, 0.4) is 0 Å². The Morgan fingerprint density at radius 1 is 1.20 bits per heavy atom. The second-order valence-electron chi connectivity index (χ2n) is 6.79. The van der Waals surface area contributed by atoms with Crippen LogP contribution in [0, 0.1) is 0 Å². The van der Waals surface area contributed by atoms with E-state index in [1.807, 2.05) is 0 Å². The average Bonchev–Trinajstić information content (AvgIpc) is 2.90. The Balaban J connectivity index is 2.85. The summed E-state index contributed by atoms with van der Waals surface area (Å²) in [5.74, 6) is 0. The van der Waals surface area contributed by atoms with Gasteiger partial charge in [0.15, 0.2) is 0 Å². The molecule has 0 saturated carbocycles. The lowest BCUT2D eigenvalue weighted by Gasteiger charge is -2.29. The van der Waals surface area contributed by atoms with Gasteiger partial charge in [0, 0.05) is 20.2 Å². The SMILES string of the molecule is B[C@@H]1OC(COC)[C@H](OP(=O)(O)OCC(O[C@@H](B)C)C(CF)OP(=O)(O)OC)C1F. The van der Waals surface area contributed by atoms with E-state index >= 15 is 0 Å². The third-order valence-corrected chi connectivity index (χ3v) is 6.00. The molecule has 0 amide bonds. The van der Waals surface area contributed by atoms with Gasteiger partial charge in [0.05, 0.1) is 19.2 Å². The van der Waals surface area contributed by atoms with Gasteiger partial charge in [-0.25, -0.2) is 17.9 Å². The molecule has 0 aromatic rings. The largest absolute Gasteiger partial charge is 0.472 e. The zero-order valence-corrected chi connectivity index (χ0v) is 19.2. The molecule has 11 nitrogen and oxygen atoms in total. The average molecular weight is 482 g/mol. The van der Waals surface area contributed by atoms with Crippen molar-refractivity contribution in [2.45, 2.75) is 49.5 Å². The first kappa shape index (κ1) is 28.1. The van der Waals surface area contributed by atoms with Crippen LogP contribution in [0.2, 0.25) is 0 Å². The Hall–Kier alpha value is 0.0899. The molecule has 1 aliphatic heterocycles. The van der Waals surface area contributed by atoms with Crippen molar-refractivity contribution in [3.63, 3.8) is 0 Å². The molecule has 1 rings (SSSR count). The van der Waals surface area contributed by atoms with E-state index in [0.717, 1.165) is 7.11 Å². The zero-order valence-electron chi connectivity index (χ0n) is 17.4. The van der Waals surface area contributed by atoms with Crippen LogP contribution in [0.5, 0.6) is 0 Å². The van der Waals surface area contributed by atoms with Crippen molar-refractivity contribution in [3.8, 4) is 0 Å². The maximum Gasteiger partial charge on any atom is 0.472 e. The molecular weight excluding hydrogens is 454 g/mol. The van der Waals surface area contributed by atoms with Gasteiger partial charge in [-0.3, -0.25) is 18.1 Å². The molecule has 17 heteroatoms. The second-order valence-corrected chi connectivity index (χ2v) is 9.71. The van der Waals surface area contributed by atoms with E-state index in [9.17, 15) is 27.7 Å². The first-order chi connectivity index (χ1) is 13.9. The number of halogens is 2. The highest BCUT2D eigenvalue weighted by Gasteiger charge is 2.47. The fourth-order valence-electron chi connectivity index (χ4n) is 2.67. The number of phosphoric ester groups is 2. The monoisotopic (exact) mass is 482 g/mol. The molecular formula is C13H28B2F2O11P2. The van der Waals surface area contributed by atoms with Crippen LogP contribution < -0.4 is 0 Å². The molecule has 1 saturated heterocycles. The summed E-state index contributed by atoms with van der Waals surface area (Å²) in [6.45, 7) is -0.567. The maximum absolute atomic E-state index is 14.3. The van der Waals surface area contributed by atoms with E-state index in [0.29, 0.717) is 0 Å². The fraction of sp³-hybridized carbons (Fsp3) is 1.00. The Morgan fingerprint density at radius 2 is 1.83 bits per heavy atom. The highest BCUT2D eigenvalue weighted by Crippen LogP contribution is 2.49. The molecule has 1 fully saturated rings. The van der Waals surface area contributed by atoms with Crippen LogP contribution in [-0.4, -0.2) is 102 Å². The number of hydrogen-bond acceptors (Lipinski definition) is 9. The first-order valence-electron chi connectivity index (χ1n) is 9.08. The van der Waals surface area contributed by atoms with E-state index in [-0.39, 0.29) is 6.61 Å². The van der Waals surface area contributed by atoms with E-state index in [2.05, 4.69) is 9.05 Å². The summed E-state index contributed by atoms with van der Waals surface area (Å²) in [5.41, 5.74) is 0. The fourth-order valence-corrected chi connectivity index (χ4v) is 4.25. The summed E-state index contributed by atoms with van der Waals surface area (Å²) in [6.07, 6.45) is -7.16. The number of phosphoric acid groups is 2. The number of alkyl halides is 2. The van der Waals surface area contributed by atoms with Crippen molar-refractivity contribution in [2.24, 2.45) is 0 Å². The van der Waals surface area contributed by atoms with Gasteiger partial charge < -0.3 is 24.0 Å². The van der Waals surface area contributed by atoms with Crippen LogP contribution in [0.1, 0.15) is 6.92 Å². The van der Waals surface area contributed by atoms with Gasteiger partial charge in [0.25, 0.3) is 0 Å². The first-order valence-corrected chi connectivity index (χ1v) is 12.1. The van der Waals surface area contributed by atoms with Crippen LogP contribution in [0.25, 0.3) is 0 Å². The van der Waals surface area contributed by atoms with Crippen molar-refractivity contribution in [1.82, 2.24) is 0 Å². The highest BCUT2D eigenvalue weighted by atomic mass is 31.2. The van der Waals surface area contributed by atoms with Crippen molar-refractivity contribution in [1.29, 1.82) is 0 Å². The molecule has 2 N–H and O–H groups in total. The second kappa shape index (κ2) is 12.4. The smallest absolute Gasteiger partial charge is 0.382 e. The van der Waals surface area contributed by atoms with Crippen LogP contribution >= 0.6 is 15.6 Å². The minimum absolute atomic E-state index is 0.0882. The van der Waals surface area contributed by atoms with Crippen LogP contribution in [-0.2, 0) is 41.4 Å². The van der Waals surface area contributed by atoms with Gasteiger partial charge in [0.1, 0.15) is 53.0 Å². The standard InChI is InChI=1S/C13H28B2F2O11P2/c1-7(14)25-9(8(4-16)27-29(18,19)23-3)6-24-30(20,21)28-12-10(5-22-2)26-13(15)11(12)17/h7-13H,4-6,14-15H2,1-3H3,(H,18,19)(H,20,21)/t7-,8?,9?,10?,11?,12+,13-/m1/s1. The normalized spacial score (nSPS) is 31.6. The molecule has 0 aromatic carbocycles. The third-order valence-electron chi connectivity index (χ3n) is 4.02. The Bertz CT molecular complexity index is 620. The number of hydrogen-bond donors (Lipinski definition) is 2. The van der Waals surface area contributed by atoms with Gasteiger partial charge in [-0.2, -0.15) is 0 Å². The van der Waals surface area contributed by atoms with Crippen molar-refractivity contribution in [2.75, 3.05) is 34.1 Å². The molecule has 1 heterocycles. The number of methoxy groups -OCH3 is 1. The summed E-state index contributed by atoms with van der Waals surface area (Å²) in [6, 6.07) is -1.43. The van der Waals surface area contributed by atoms with Gasteiger partial charge in [-0.15, -0.1) is 0 Å². The van der Waals surface area contributed by atoms with Crippen LogP contribution in [0.4, 0.5) is 8.78 Å². The Kier molecular flexibility index (Phi) is 11.6. The predicted molar refractivity (Wildman–Crippen MR) is 105 cm³/mol. The summed E-state index contributed by atoms with van der Waals surface area (Å²) in [4.78, 5) is 19.4. The van der Waals surface area contributed by atoms with Crippen LogP contribution in [0.15, 0.2) is 0 Å². The van der Waals surface area contributed by atoms with Crippen molar-refractivity contribution >= 4 is 31.3 Å². The van der Waals surface area contributed by atoms with E-state index in [4.69, 9.17) is 23.3 Å². The third kappa shape index (κ3) is 8.91. The lowest BCUT2D eigenvalue weighted by molar-refractivity contribution is -0.0785. The molecule has 0 aromatic heterocycles. The van der Waals surface area contributed by atoms with Crippen molar-refractivity contribution in [3.05, 3.63) is 0 Å². The summed E-state index contributed by atoms with van der Waals surface area (Å²) in [5, 5.41) is 0. The molecule has 0 aliphatic carbocycles. The molecule has 176 valence electrons. The van der Waals surface area contributed by atoms with Crippen molar-refractivity contribution < 1.29 is 60.0 Å². The lowest BCUT2D eigenvalue weighted by Crippen LogP contribution is -2.39. The minimum Gasteiger partial charge on any atom is -0.382 e. The van der Waals surface area contributed by atoms with E-state index in [1.54, 1.807) is 14.8 Å². The van der Waals surface area contributed by atoms with Gasteiger partial charge in [-0.05, 0) is 6.92 Å². The number of rotatable bonds is 14. The lowest BCUT2D eigenvalue weighted by atomic mass is 9.94. The molecule has 0 radical (unpaired) electrons. The topological polar surface area (TPSA) is 139 Å². The van der Waals surface area contributed by atoms with Gasteiger partial charge in [0.2, 0.25) is 0 Å². The molecule has 1 aliphatic rings. The predicted octanol–water partition coefficient (Wildman–Crippen LogP) is -0.703. The molecule has 30 heavy (non-hydrogen) atoms. The maximum atomic E-state index is 14.3. The van der Waals surface area contributed by atoms with Gasteiger partial charge in [-0.1, -0.05) is 0 Å². The summed E-state index contributed by atoms with van der Waals surface area (Å²) in [7, 11) is -4.22. The Labute approximate surface area is 175 Å². The molecule has 0 bridgehead atoms. The molecule has 0 spiro atoms. The quantitative estimate of drug-likeness (QED) is 0.240. The number of ether oxygens (including phenoxy) is 3. The molecule has 9 atom stereocenters. The Morgan fingerprint density at radius 3 is 2.33 bits per heavy atom. The minimum atomic E-state index is -4.87. The zero-order chi connectivity index (χ0) is 23.1. The summed E-state index contributed by atoms with van der Waals surface area (Å²) >= 11 is 0. The summed E-state index contributed by atoms with van der Waals surface area (Å²) < 4.78 is 85.9. The molecule has 6 unspecified atom stereocenters. The highest BCUT2D eigenvalue weighted by molar-refractivity contribution is 7.47. The van der Waals surface area contributed by atoms with E-state index < -0.39 is 71.5 Å². The van der Waals surface area contributed by atoms with Gasteiger partial charge >= 0.3 is 15.6 Å².